The highest BCUT2D eigenvalue weighted by molar-refractivity contribution is 6.35. The summed E-state index contributed by atoms with van der Waals surface area (Å²) in [7, 11) is 0. The fourth-order valence-electron chi connectivity index (χ4n) is 2.73. The van der Waals surface area contributed by atoms with Crippen molar-refractivity contribution in [2.24, 2.45) is 0 Å². The van der Waals surface area contributed by atoms with E-state index in [1.165, 1.54) is 6.07 Å². The van der Waals surface area contributed by atoms with Gasteiger partial charge in [0.15, 0.2) is 5.69 Å². The summed E-state index contributed by atoms with van der Waals surface area (Å²) in [6.45, 7) is 3.25. The number of ether oxygens (including phenoxy) is 1. The molecule has 4 nitrogen and oxygen atoms in total. The highest BCUT2D eigenvalue weighted by Crippen LogP contribution is 2.41. The van der Waals surface area contributed by atoms with Crippen LogP contribution in [-0.4, -0.2) is 28.5 Å². The van der Waals surface area contributed by atoms with Crippen molar-refractivity contribution >= 4 is 17.6 Å². The third kappa shape index (κ3) is 5.43. The molecule has 2 aromatic rings. The number of aryl methyl sites for hydroxylation is 2. The summed E-state index contributed by atoms with van der Waals surface area (Å²) in [6, 6.07) is 2.87. The summed E-state index contributed by atoms with van der Waals surface area (Å²) in [5, 5.41) is 3.61. The number of rotatable bonds is 6. The van der Waals surface area contributed by atoms with E-state index < -0.39 is 36.7 Å². The van der Waals surface area contributed by atoms with Crippen LogP contribution in [0.4, 0.5) is 26.3 Å². The van der Waals surface area contributed by atoms with Gasteiger partial charge in [-0.1, -0.05) is 23.7 Å². The Kier molecular flexibility index (Phi) is 6.87. The van der Waals surface area contributed by atoms with Crippen LogP contribution in [0.1, 0.15) is 41.9 Å². The largest absolute Gasteiger partial charge is 0.461 e. The van der Waals surface area contributed by atoms with Crippen LogP contribution >= 0.6 is 11.6 Å². The van der Waals surface area contributed by atoms with E-state index >= 15 is 0 Å². The minimum Gasteiger partial charge on any atom is -0.461 e. The topological polar surface area (TPSA) is 44.1 Å². The first kappa shape index (κ1) is 23.1. The molecule has 1 aromatic carbocycles. The Bertz CT molecular complexity index is 890. The maximum atomic E-state index is 13.7. The summed E-state index contributed by atoms with van der Waals surface area (Å²) in [4.78, 5) is 12.0. The molecule has 11 heteroatoms. The van der Waals surface area contributed by atoms with Crippen LogP contribution < -0.4 is 0 Å². The molecule has 0 atom stereocenters. The van der Waals surface area contributed by atoms with Crippen molar-refractivity contribution in [1.29, 1.82) is 0 Å². The van der Waals surface area contributed by atoms with Crippen molar-refractivity contribution in [3.63, 3.8) is 0 Å². The predicted octanol–water partition coefficient (Wildman–Crippen LogP) is 5.91. The van der Waals surface area contributed by atoms with Crippen LogP contribution in [0.25, 0.3) is 11.3 Å². The second-order valence-corrected chi connectivity index (χ2v) is 6.42. The minimum atomic E-state index is -4.86. The van der Waals surface area contributed by atoms with E-state index in [9.17, 15) is 31.1 Å². The fraction of sp³-hybridized carbons (Fsp3) is 0.444. The lowest BCUT2D eigenvalue weighted by Crippen LogP contribution is -2.12. The van der Waals surface area contributed by atoms with Crippen molar-refractivity contribution in [1.82, 2.24) is 9.78 Å². The molecule has 160 valence electrons. The van der Waals surface area contributed by atoms with Gasteiger partial charge in [-0.25, -0.2) is 4.79 Å². The van der Waals surface area contributed by atoms with E-state index in [0.717, 1.165) is 10.7 Å². The minimum absolute atomic E-state index is 0.0190. The van der Waals surface area contributed by atoms with Crippen molar-refractivity contribution < 1.29 is 35.9 Å². The lowest BCUT2D eigenvalue weighted by atomic mass is 9.98. The van der Waals surface area contributed by atoms with Gasteiger partial charge < -0.3 is 4.74 Å². The Hall–Kier alpha value is -2.23. The third-order valence-electron chi connectivity index (χ3n) is 4.00. The predicted molar refractivity (Wildman–Crippen MR) is 93.7 cm³/mol. The number of halogens is 7. The maximum absolute atomic E-state index is 13.7. The number of carbonyl (C=O) groups excluding carboxylic acids is 1. The van der Waals surface area contributed by atoms with Gasteiger partial charge in [0.25, 0.3) is 0 Å². The molecule has 0 saturated carbocycles. The number of hydrogen-bond acceptors (Lipinski definition) is 3. The van der Waals surface area contributed by atoms with Gasteiger partial charge in [-0.3, -0.25) is 4.68 Å². The average Bonchev–Trinajstić information content (AvgIpc) is 2.95. The molecular formula is C18H17ClF6N2O2. The molecule has 0 aliphatic rings. The molecule has 0 amide bonds. The van der Waals surface area contributed by atoms with Gasteiger partial charge in [0.1, 0.15) is 5.02 Å². The summed E-state index contributed by atoms with van der Waals surface area (Å²) in [6.07, 6.45) is -11.2. The first-order valence-corrected chi connectivity index (χ1v) is 8.97. The normalized spacial score (nSPS) is 12.3. The van der Waals surface area contributed by atoms with E-state index in [1.807, 2.05) is 0 Å². The van der Waals surface area contributed by atoms with Gasteiger partial charge in [-0.2, -0.15) is 31.4 Å². The first-order valence-electron chi connectivity index (χ1n) is 8.59. The average molecular weight is 443 g/mol. The van der Waals surface area contributed by atoms with Gasteiger partial charge in [-0.15, -0.1) is 0 Å². The van der Waals surface area contributed by atoms with Gasteiger partial charge in [0.2, 0.25) is 0 Å². The Balaban J connectivity index is 2.60. The molecule has 0 N–H and O–H groups in total. The summed E-state index contributed by atoms with van der Waals surface area (Å²) >= 11 is 6.16. The molecule has 0 unspecified atom stereocenters. The number of benzene rings is 1. The molecule has 2 rings (SSSR count). The zero-order chi connectivity index (χ0) is 22.0. The summed E-state index contributed by atoms with van der Waals surface area (Å²) in [5.41, 5.74) is -2.17. The van der Waals surface area contributed by atoms with Crippen molar-refractivity contribution in [2.45, 2.75) is 45.6 Å². The van der Waals surface area contributed by atoms with Crippen molar-refractivity contribution in [3.05, 3.63) is 40.0 Å². The lowest BCUT2D eigenvalue weighted by Gasteiger charge is -2.16. The van der Waals surface area contributed by atoms with Crippen LogP contribution in [0, 0.1) is 0 Å². The number of alkyl halides is 6. The molecule has 29 heavy (non-hydrogen) atoms. The second kappa shape index (κ2) is 8.64. The fourth-order valence-corrected chi connectivity index (χ4v) is 3.04. The van der Waals surface area contributed by atoms with E-state index in [2.05, 4.69) is 5.10 Å². The van der Waals surface area contributed by atoms with E-state index in [-0.39, 0.29) is 40.7 Å². The Morgan fingerprint density at radius 3 is 2.34 bits per heavy atom. The highest BCUT2D eigenvalue weighted by Gasteiger charge is 2.37. The van der Waals surface area contributed by atoms with Crippen LogP contribution in [0.3, 0.4) is 0 Å². The van der Waals surface area contributed by atoms with Crippen LogP contribution in [0.15, 0.2) is 18.2 Å². The number of esters is 1. The molecule has 0 aliphatic heterocycles. The number of hydrogen-bond donors (Lipinski definition) is 0. The maximum Gasteiger partial charge on any atom is 0.417 e. The molecule has 0 saturated heterocycles. The molecule has 0 spiro atoms. The number of carbonyl (C=O) groups is 1. The van der Waals surface area contributed by atoms with Crippen molar-refractivity contribution in [3.8, 4) is 11.3 Å². The second-order valence-electron chi connectivity index (χ2n) is 6.04. The lowest BCUT2D eigenvalue weighted by molar-refractivity contribution is -0.137. The van der Waals surface area contributed by atoms with Gasteiger partial charge >= 0.3 is 18.3 Å². The first-order chi connectivity index (χ1) is 13.4. The highest BCUT2D eigenvalue weighted by atomic mass is 35.5. The van der Waals surface area contributed by atoms with Gasteiger partial charge in [0.05, 0.1) is 17.9 Å². The molecule has 0 fully saturated rings. The van der Waals surface area contributed by atoms with Crippen LogP contribution in [0.5, 0.6) is 0 Å². The number of nitrogens with zero attached hydrogens (tertiary/aromatic N) is 2. The SMILES string of the molecule is CCOC(=O)c1nn(CC)c(-c2ccc(CCC(F)(F)F)cc2C(F)(F)F)c1Cl. The van der Waals surface area contributed by atoms with E-state index in [4.69, 9.17) is 16.3 Å². The third-order valence-corrected chi connectivity index (χ3v) is 4.36. The molecule has 0 aliphatic carbocycles. The number of aromatic nitrogens is 2. The van der Waals surface area contributed by atoms with Gasteiger partial charge in [-0.05, 0) is 31.9 Å². The summed E-state index contributed by atoms with van der Waals surface area (Å²) < 4.78 is 84.1. The zero-order valence-corrected chi connectivity index (χ0v) is 16.2. The Morgan fingerprint density at radius 2 is 1.83 bits per heavy atom. The van der Waals surface area contributed by atoms with Crippen molar-refractivity contribution in [2.75, 3.05) is 6.61 Å². The Labute approximate surface area is 167 Å². The van der Waals surface area contributed by atoms with Crippen LogP contribution in [-0.2, 0) is 23.9 Å². The van der Waals surface area contributed by atoms with Gasteiger partial charge in [0, 0.05) is 18.5 Å². The molecule has 0 radical (unpaired) electrons. The van der Waals surface area contributed by atoms with E-state index in [0.29, 0.717) is 6.07 Å². The summed E-state index contributed by atoms with van der Waals surface area (Å²) in [5.74, 6) is -0.888. The zero-order valence-electron chi connectivity index (χ0n) is 15.4. The molecular weight excluding hydrogens is 426 g/mol. The van der Waals surface area contributed by atoms with E-state index in [1.54, 1.807) is 13.8 Å². The molecule has 1 heterocycles. The molecule has 1 aromatic heterocycles. The standard InChI is InChI=1S/C18H17ClF6N2O2/c1-3-27-15(13(19)14(26-27)16(28)29-4-2)11-6-5-10(7-8-17(20,21)22)9-12(11)18(23,24)25/h5-6,9H,3-4,7-8H2,1-2H3. The smallest absolute Gasteiger partial charge is 0.417 e. The Morgan fingerprint density at radius 1 is 1.17 bits per heavy atom. The molecule has 0 bridgehead atoms. The quantitative estimate of drug-likeness (QED) is 0.412. The monoisotopic (exact) mass is 442 g/mol. The van der Waals surface area contributed by atoms with Crippen LogP contribution in [0.2, 0.25) is 5.02 Å².